The van der Waals surface area contributed by atoms with Crippen LogP contribution in [0.3, 0.4) is 0 Å². The molecule has 1 saturated carbocycles. The van der Waals surface area contributed by atoms with Crippen LogP contribution in [-0.4, -0.2) is 30.1 Å². The molecule has 1 heterocycles. The van der Waals surface area contributed by atoms with Crippen molar-refractivity contribution in [3.8, 4) is 0 Å². The first-order valence-electron chi connectivity index (χ1n) is 4.79. The average Bonchev–Trinajstić information content (AvgIpc) is 2.82. The van der Waals surface area contributed by atoms with Crippen LogP contribution in [0.5, 0.6) is 0 Å². The Morgan fingerprint density at radius 3 is 2.43 bits per heavy atom. The van der Waals surface area contributed by atoms with Gasteiger partial charge in [-0.05, 0) is 31.1 Å². The minimum Gasteiger partial charge on any atom is -0.381 e. The Labute approximate surface area is 80.1 Å². The van der Waals surface area contributed by atoms with Crippen LogP contribution in [0.25, 0.3) is 0 Å². The summed E-state index contributed by atoms with van der Waals surface area (Å²) in [6.45, 7) is 0.345. The van der Waals surface area contributed by atoms with E-state index in [9.17, 15) is 13.2 Å². The molecule has 0 aromatic heterocycles. The second kappa shape index (κ2) is 3.10. The lowest BCUT2D eigenvalue weighted by atomic mass is 9.90. The number of hydrogen-bond acceptors (Lipinski definition) is 2. The van der Waals surface area contributed by atoms with Crippen LogP contribution in [0.15, 0.2) is 0 Å². The van der Waals surface area contributed by atoms with Crippen LogP contribution in [0, 0.1) is 5.41 Å². The molecule has 0 radical (unpaired) electrons. The molecule has 0 aromatic rings. The highest BCUT2D eigenvalue weighted by Crippen LogP contribution is 2.55. The molecular formula is C9H13F3O2. The van der Waals surface area contributed by atoms with E-state index in [0.29, 0.717) is 13.0 Å². The molecule has 1 aliphatic carbocycles. The van der Waals surface area contributed by atoms with Gasteiger partial charge in [0.05, 0.1) is 6.10 Å². The van der Waals surface area contributed by atoms with Crippen LogP contribution >= 0.6 is 0 Å². The van der Waals surface area contributed by atoms with E-state index in [0.717, 1.165) is 19.3 Å². The summed E-state index contributed by atoms with van der Waals surface area (Å²) in [6, 6.07) is 0. The molecule has 14 heavy (non-hydrogen) atoms. The van der Waals surface area contributed by atoms with Gasteiger partial charge in [-0.1, -0.05) is 0 Å². The van der Waals surface area contributed by atoms with Crippen molar-refractivity contribution in [2.45, 2.75) is 44.1 Å². The van der Waals surface area contributed by atoms with Crippen molar-refractivity contribution in [2.75, 3.05) is 6.61 Å². The molecule has 2 aliphatic rings. The number of rotatable bonds is 1. The Balaban J connectivity index is 1.97. The maximum absolute atomic E-state index is 12.2. The molecular weight excluding hydrogens is 197 g/mol. The molecule has 0 bridgehead atoms. The first-order chi connectivity index (χ1) is 6.43. The number of hydrogen-bond donors (Lipinski definition) is 1. The lowest BCUT2D eigenvalue weighted by Crippen LogP contribution is -2.44. The second-order valence-electron chi connectivity index (χ2n) is 4.35. The molecule has 1 unspecified atom stereocenters. The topological polar surface area (TPSA) is 29.5 Å². The van der Waals surface area contributed by atoms with Crippen molar-refractivity contribution >= 4 is 0 Å². The molecule has 0 aromatic carbocycles. The summed E-state index contributed by atoms with van der Waals surface area (Å²) in [5.41, 5.74) is 0.0646. The van der Waals surface area contributed by atoms with Gasteiger partial charge in [0.2, 0.25) is 0 Å². The van der Waals surface area contributed by atoms with Crippen molar-refractivity contribution < 1.29 is 23.0 Å². The van der Waals surface area contributed by atoms with Gasteiger partial charge >= 0.3 is 6.18 Å². The summed E-state index contributed by atoms with van der Waals surface area (Å²) in [5, 5.41) is 9.02. The van der Waals surface area contributed by atoms with Gasteiger partial charge in [0.25, 0.3) is 0 Å². The lowest BCUT2D eigenvalue weighted by Gasteiger charge is -2.33. The summed E-state index contributed by atoms with van der Waals surface area (Å²) in [7, 11) is 0. The first-order valence-corrected chi connectivity index (χ1v) is 4.79. The highest BCUT2D eigenvalue weighted by molar-refractivity contribution is 4.99. The monoisotopic (exact) mass is 210 g/mol. The van der Waals surface area contributed by atoms with Crippen molar-refractivity contribution in [1.82, 2.24) is 0 Å². The summed E-state index contributed by atoms with van der Waals surface area (Å²) in [4.78, 5) is 0. The van der Waals surface area contributed by atoms with E-state index in [4.69, 9.17) is 9.84 Å². The lowest BCUT2D eigenvalue weighted by molar-refractivity contribution is -0.245. The van der Waals surface area contributed by atoms with Gasteiger partial charge in [-0.15, -0.1) is 0 Å². The smallest absolute Gasteiger partial charge is 0.381 e. The third-order valence-electron chi connectivity index (χ3n) is 3.24. The van der Waals surface area contributed by atoms with Crippen LogP contribution in [-0.2, 0) is 4.74 Å². The average molecular weight is 210 g/mol. The van der Waals surface area contributed by atoms with Crippen molar-refractivity contribution in [3.05, 3.63) is 0 Å². The van der Waals surface area contributed by atoms with Crippen molar-refractivity contribution in [1.29, 1.82) is 0 Å². The normalized spacial score (nSPS) is 33.0. The Morgan fingerprint density at radius 1 is 1.29 bits per heavy atom. The fourth-order valence-corrected chi connectivity index (χ4v) is 2.06. The van der Waals surface area contributed by atoms with Crippen LogP contribution < -0.4 is 0 Å². The molecule has 2 atom stereocenters. The first kappa shape index (κ1) is 10.2. The third-order valence-corrected chi connectivity index (χ3v) is 3.24. The fourth-order valence-electron chi connectivity index (χ4n) is 2.06. The van der Waals surface area contributed by atoms with E-state index >= 15 is 0 Å². The second-order valence-corrected chi connectivity index (χ2v) is 4.35. The van der Waals surface area contributed by atoms with Gasteiger partial charge in [-0.2, -0.15) is 13.2 Å². The van der Waals surface area contributed by atoms with E-state index in [1.54, 1.807) is 0 Å². The number of alkyl halides is 3. The Hall–Kier alpha value is -0.290. The minimum atomic E-state index is -4.56. The standard InChI is InChI=1S/C9H13F3O2/c10-9(11,12)7(13)6-5-8(1-2-8)3-4-14-6/h6-7,13H,1-5H2/t6-,7?/m0/s1. The van der Waals surface area contributed by atoms with E-state index in [2.05, 4.69) is 0 Å². The van der Waals surface area contributed by atoms with E-state index in [1.165, 1.54) is 0 Å². The number of aliphatic hydroxyl groups is 1. The minimum absolute atomic E-state index is 0.0646. The van der Waals surface area contributed by atoms with Gasteiger partial charge in [0, 0.05) is 6.61 Å². The third kappa shape index (κ3) is 1.88. The van der Waals surface area contributed by atoms with Crippen molar-refractivity contribution in [2.24, 2.45) is 5.41 Å². The maximum Gasteiger partial charge on any atom is 0.416 e. The van der Waals surface area contributed by atoms with E-state index < -0.39 is 18.4 Å². The van der Waals surface area contributed by atoms with Crippen LogP contribution in [0.2, 0.25) is 0 Å². The molecule has 5 heteroatoms. The molecule has 82 valence electrons. The summed E-state index contributed by atoms with van der Waals surface area (Å²) in [5.74, 6) is 0. The fraction of sp³-hybridized carbons (Fsp3) is 1.00. The van der Waals surface area contributed by atoms with E-state index in [-0.39, 0.29) is 5.41 Å². The molecule has 1 N–H and O–H groups in total. The van der Waals surface area contributed by atoms with Gasteiger partial charge in [-0.3, -0.25) is 0 Å². The van der Waals surface area contributed by atoms with Crippen molar-refractivity contribution in [3.63, 3.8) is 0 Å². The zero-order valence-corrected chi connectivity index (χ0v) is 7.68. The number of halogens is 3. The Bertz CT molecular complexity index is 223. The molecule has 0 amide bonds. The maximum atomic E-state index is 12.2. The summed E-state index contributed by atoms with van der Waals surface area (Å²) >= 11 is 0. The Morgan fingerprint density at radius 2 is 1.93 bits per heavy atom. The molecule has 1 spiro atoms. The molecule has 2 fully saturated rings. The largest absolute Gasteiger partial charge is 0.416 e. The SMILES string of the molecule is OC([C@@H]1CC2(CCO1)CC2)C(F)(F)F. The zero-order valence-electron chi connectivity index (χ0n) is 7.68. The van der Waals surface area contributed by atoms with E-state index in [1.807, 2.05) is 0 Å². The highest BCUT2D eigenvalue weighted by atomic mass is 19.4. The highest BCUT2D eigenvalue weighted by Gasteiger charge is 2.52. The molecule has 2 rings (SSSR count). The number of ether oxygens (including phenoxy) is 1. The quantitative estimate of drug-likeness (QED) is 0.715. The predicted octanol–water partition coefficient (Wildman–Crippen LogP) is 1.87. The summed E-state index contributed by atoms with van der Waals surface area (Å²) in [6.07, 6.45) is -4.76. The Kier molecular flexibility index (Phi) is 2.27. The summed E-state index contributed by atoms with van der Waals surface area (Å²) < 4.78 is 41.5. The van der Waals surface area contributed by atoms with Gasteiger partial charge in [-0.25, -0.2) is 0 Å². The van der Waals surface area contributed by atoms with Crippen LogP contribution in [0.4, 0.5) is 13.2 Å². The van der Waals surface area contributed by atoms with Gasteiger partial charge < -0.3 is 9.84 Å². The molecule has 1 saturated heterocycles. The zero-order chi connectivity index (χ0) is 10.4. The molecule has 2 nitrogen and oxygen atoms in total. The van der Waals surface area contributed by atoms with Gasteiger partial charge in [0.1, 0.15) is 0 Å². The van der Waals surface area contributed by atoms with Crippen LogP contribution in [0.1, 0.15) is 25.7 Å². The predicted molar refractivity (Wildman–Crippen MR) is 42.7 cm³/mol. The van der Waals surface area contributed by atoms with Gasteiger partial charge in [0.15, 0.2) is 6.10 Å². The molecule has 1 aliphatic heterocycles. The number of aliphatic hydroxyl groups excluding tert-OH is 1.